The van der Waals surface area contributed by atoms with Crippen molar-refractivity contribution in [2.45, 2.75) is 13.5 Å². The number of aromatic hydroxyl groups is 2. The van der Waals surface area contributed by atoms with E-state index < -0.39 is 5.97 Å². The number of benzene rings is 2. The summed E-state index contributed by atoms with van der Waals surface area (Å²) in [5.41, 5.74) is 2.49. The number of aryl methyl sites for hydroxylation is 1. The molecule has 0 heterocycles. The van der Waals surface area contributed by atoms with Gasteiger partial charge in [0, 0.05) is 17.7 Å². The highest BCUT2D eigenvalue weighted by molar-refractivity contribution is 5.87. The van der Waals surface area contributed by atoms with E-state index in [1.165, 1.54) is 30.4 Å². The lowest BCUT2D eigenvalue weighted by Crippen LogP contribution is -2.00. The molecule has 0 saturated heterocycles. The number of phenolic OH excluding ortho intramolecular Hbond substituents is 2. The molecular formula is C17H16O4. The van der Waals surface area contributed by atoms with Gasteiger partial charge in [-0.1, -0.05) is 29.8 Å². The molecule has 0 bridgehead atoms. The molecule has 0 fully saturated rings. The number of hydrogen-bond acceptors (Lipinski definition) is 4. The maximum Gasteiger partial charge on any atom is 0.331 e. The van der Waals surface area contributed by atoms with Crippen LogP contribution in [0, 0.1) is 6.92 Å². The van der Waals surface area contributed by atoms with E-state index in [-0.39, 0.29) is 18.1 Å². The van der Waals surface area contributed by atoms with Crippen molar-refractivity contribution in [3.63, 3.8) is 0 Å². The Labute approximate surface area is 122 Å². The summed E-state index contributed by atoms with van der Waals surface area (Å²) in [5.74, 6) is -0.632. The number of rotatable bonds is 4. The lowest BCUT2D eigenvalue weighted by atomic mass is 10.1. The highest BCUT2D eigenvalue weighted by atomic mass is 16.5. The minimum absolute atomic E-state index is 0.0356. The molecule has 0 atom stereocenters. The number of carbonyl (C=O) groups is 1. The van der Waals surface area contributed by atoms with Crippen LogP contribution in [0.4, 0.5) is 0 Å². The normalized spacial score (nSPS) is 10.7. The third-order valence-electron chi connectivity index (χ3n) is 2.91. The first-order valence-electron chi connectivity index (χ1n) is 6.47. The van der Waals surface area contributed by atoms with Crippen LogP contribution in [0.25, 0.3) is 6.08 Å². The fourth-order valence-electron chi connectivity index (χ4n) is 1.72. The first-order chi connectivity index (χ1) is 10.0. The molecule has 2 aromatic carbocycles. The summed E-state index contributed by atoms with van der Waals surface area (Å²) < 4.78 is 5.10. The van der Waals surface area contributed by atoms with Gasteiger partial charge in [0.05, 0.1) is 0 Å². The van der Waals surface area contributed by atoms with Gasteiger partial charge < -0.3 is 14.9 Å². The Morgan fingerprint density at radius 1 is 1.14 bits per heavy atom. The van der Waals surface area contributed by atoms with Gasteiger partial charge in [0.15, 0.2) is 0 Å². The van der Waals surface area contributed by atoms with Gasteiger partial charge in [-0.3, -0.25) is 0 Å². The van der Waals surface area contributed by atoms with Gasteiger partial charge in [0.1, 0.15) is 18.1 Å². The van der Waals surface area contributed by atoms with E-state index in [1.807, 2.05) is 31.2 Å². The van der Waals surface area contributed by atoms with Crippen molar-refractivity contribution in [2.75, 3.05) is 0 Å². The van der Waals surface area contributed by atoms with Crippen molar-refractivity contribution in [1.29, 1.82) is 0 Å². The van der Waals surface area contributed by atoms with Gasteiger partial charge in [0.2, 0.25) is 0 Å². The second-order valence-corrected chi connectivity index (χ2v) is 4.67. The molecule has 2 N–H and O–H groups in total. The van der Waals surface area contributed by atoms with E-state index in [9.17, 15) is 9.90 Å². The second kappa shape index (κ2) is 6.61. The van der Waals surface area contributed by atoms with E-state index in [4.69, 9.17) is 9.84 Å². The summed E-state index contributed by atoms with van der Waals surface area (Å²) in [5, 5.41) is 18.7. The average molecular weight is 284 g/mol. The molecule has 2 rings (SSSR count). The molecule has 0 radical (unpaired) electrons. The molecule has 0 aromatic heterocycles. The molecule has 0 aliphatic carbocycles. The highest BCUT2D eigenvalue weighted by Crippen LogP contribution is 2.23. The minimum Gasteiger partial charge on any atom is -0.508 e. The second-order valence-electron chi connectivity index (χ2n) is 4.67. The predicted octanol–water partition coefficient (Wildman–Crippen LogP) is 3.16. The molecule has 21 heavy (non-hydrogen) atoms. The summed E-state index contributed by atoms with van der Waals surface area (Å²) in [6.45, 7) is 2.19. The zero-order chi connectivity index (χ0) is 15.2. The van der Waals surface area contributed by atoms with Crippen molar-refractivity contribution in [2.24, 2.45) is 0 Å². The van der Waals surface area contributed by atoms with Crippen LogP contribution in [0.15, 0.2) is 48.5 Å². The summed E-state index contributed by atoms with van der Waals surface area (Å²) >= 11 is 0. The fraction of sp³-hybridized carbons (Fsp3) is 0.118. The minimum atomic E-state index is -0.497. The van der Waals surface area contributed by atoms with Crippen molar-refractivity contribution in [3.8, 4) is 11.5 Å². The van der Waals surface area contributed by atoms with Crippen LogP contribution in [-0.2, 0) is 16.1 Å². The van der Waals surface area contributed by atoms with E-state index >= 15 is 0 Å². The van der Waals surface area contributed by atoms with Crippen molar-refractivity contribution in [3.05, 3.63) is 65.2 Å². The molecule has 0 unspecified atom stereocenters. The lowest BCUT2D eigenvalue weighted by Gasteiger charge is -2.03. The third-order valence-corrected chi connectivity index (χ3v) is 2.91. The van der Waals surface area contributed by atoms with Crippen LogP contribution in [0.2, 0.25) is 0 Å². The summed E-state index contributed by atoms with van der Waals surface area (Å²) in [6, 6.07) is 11.8. The zero-order valence-corrected chi connectivity index (χ0v) is 11.6. The Bertz CT molecular complexity index is 657. The van der Waals surface area contributed by atoms with Gasteiger partial charge in [-0.25, -0.2) is 4.79 Å². The van der Waals surface area contributed by atoms with Crippen LogP contribution in [-0.4, -0.2) is 16.2 Å². The molecule has 0 amide bonds. The average Bonchev–Trinajstić information content (AvgIpc) is 2.46. The van der Waals surface area contributed by atoms with Gasteiger partial charge in [-0.05, 0) is 30.7 Å². The Balaban J connectivity index is 1.92. The maximum atomic E-state index is 11.6. The van der Waals surface area contributed by atoms with Crippen LogP contribution in [0.3, 0.4) is 0 Å². The van der Waals surface area contributed by atoms with Crippen LogP contribution >= 0.6 is 0 Å². The summed E-state index contributed by atoms with van der Waals surface area (Å²) in [4.78, 5) is 11.6. The van der Waals surface area contributed by atoms with E-state index in [0.29, 0.717) is 5.56 Å². The quantitative estimate of drug-likeness (QED) is 0.668. The number of phenols is 2. The lowest BCUT2D eigenvalue weighted by molar-refractivity contribution is -0.138. The maximum absolute atomic E-state index is 11.6. The third kappa shape index (κ3) is 4.38. The largest absolute Gasteiger partial charge is 0.508 e. The van der Waals surface area contributed by atoms with Crippen molar-refractivity contribution >= 4 is 12.0 Å². The molecule has 0 aliphatic rings. The van der Waals surface area contributed by atoms with Gasteiger partial charge >= 0.3 is 5.97 Å². The predicted molar refractivity (Wildman–Crippen MR) is 79.8 cm³/mol. The Hall–Kier alpha value is -2.75. The fourth-order valence-corrected chi connectivity index (χ4v) is 1.72. The molecule has 0 saturated carbocycles. The molecule has 4 heteroatoms. The van der Waals surface area contributed by atoms with Crippen LogP contribution in [0.5, 0.6) is 11.5 Å². The molecule has 108 valence electrons. The van der Waals surface area contributed by atoms with Gasteiger partial charge in [-0.2, -0.15) is 0 Å². The summed E-state index contributed by atoms with van der Waals surface area (Å²) in [7, 11) is 0. The standard InChI is InChI=1S/C17H16O4/c1-12-2-4-13(5-3-12)11-21-17(20)9-7-14-6-8-15(18)10-16(14)19/h2-10,18-19H,11H2,1H3. The molecule has 0 aliphatic heterocycles. The summed E-state index contributed by atoms with van der Waals surface area (Å²) in [6.07, 6.45) is 2.67. The molecule has 2 aromatic rings. The van der Waals surface area contributed by atoms with Crippen LogP contribution in [0.1, 0.15) is 16.7 Å². The molecule has 4 nitrogen and oxygen atoms in total. The van der Waals surface area contributed by atoms with E-state index in [2.05, 4.69) is 0 Å². The first kappa shape index (κ1) is 14.7. The van der Waals surface area contributed by atoms with E-state index in [1.54, 1.807) is 0 Å². The van der Waals surface area contributed by atoms with Crippen LogP contribution < -0.4 is 0 Å². The van der Waals surface area contributed by atoms with Gasteiger partial charge in [0.25, 0.3) is 0 Å². The number of ether oxygens (including phenoxy) is 1. The SMILES string of the molecule is Cc1ccc(COC(=O)C=Cc2ccc(O)cc2O)cc1. The molecular weight excluding hydrogens is 268 g/mol. The van der Waals surface area contributed by atoms with Gasteiger partial charge in [-0.15, -0.1) is 0 Å². The number of hydrogen-bond donors (Lipinski definition) is 2. The Kier molecular flexibility index (Phi) is 4.61. The first-order valence-corrected chi connectivity index (χ1v) is 6.47. The Morgan fingerprint density at radius 3 is 2.52 bits per heavy atom. The zero-order valence-electron chi connectivity index (χ0n) is 11.6. The Morgan fingerprint density at radius 2 is 1.86 bits per heavy atom. The van der Waals surface area contributed by atoms with Crippen molar-refractivity contribution in [1.82, 2.24) is 0 Å². The highest BCUT2D eigenvalue weighted by Gasteiger charge is 2.02. The number of esters is 1. The van der Waals surface area contributed by atoms with E-state index in [0.717, 1.165) is 11.1 Å². The topological polar surface area (TPSA) is 66.8 Å². The van der Waals surface area contributed by atoms with Crippen molar-refractivity contribution < 1.29 is 19.7 Å². The monoisotopic (exact) mass is 284 g/mol. The number of carbonyl (C=O) groups excluding carboxylic acids is 1. The molecule has 0 spiro atoms. The smallest absolute Gasteiger partial charge is 0.331 e.